The summed E-state index contributed by atoms with van der Waals surface area (Å²) >= 11 is 17.9. The lowest BCUT2D eigenvalue weighted by atomic mass is 9.94. The van der Waals surface area contributed by atoms with Gasteiger partial charge in [0.15, 0.2) is 0 Å². The maximum Gasteiger partial charge on any atom is 0.251 e. The van der Waals surface area contributed by atoms with Crippen LogP contribution in [-0.4, -0.2) is 25.0 Å². The van der Waals surface area contributed by atoms with Crippen molar-refractivity contribution in [2.45, 2.75) is 12.0 Å². The zero-order valence-corrected chi connectivity index (χ0v) is 15.6. The summed E-state index contributed by atoms with van der Waals surface area (Å²) in [5.74, 6) is 0.0430. The van der Waals surface area contributed by atoms with E-state index in [0.717, 1.165) is 12.1 Å². The first-order chi connectivity index (χ1) is 11.0. The summed E-state index contributed by atoms with van der Waals surface area (Å²) in [6, 6.07) is 12.4. The van der Waals surface area contributed by atoms with Gasteiger partial charge in [-0.2, -0.15) is 0 Å². The van der Waals surface area contributed by atoms with Gasteiger partial charge in [0.2, 0.25) is 0 Å². The standard InChI is InChI=1S/C17H15Cl3N2O.ClH/c18-12-4-1-10(2-5-12)17(23)22-16-9-21-8-13(16)11-3-6-14(19)15(20)7-11;/h1-7,13,16,21H,8-9H2,(H,22,23);1H/t13-,16?;/m0./s1. The van der Waals surface area contributed by atoms with E-state index in [-0.39, 0.29) is 30.3 Å². The van der Waals surface area contributed by atoms with Crippen LogP contribution in [0.15, 0.2) is 42.5 Å². The average Bonchev–Trinajstić information content (AvgIpc) is 2.99. The van der Waals surface area contributed by atoms with E-state index in [1.807, 2.05) is 12.1 Å². The molecule has 1 aliphatic heterocycles. The van der Waals surface area contributed by atoms with Gasteiger partial charge in [-0.05, 0) is 42.0 Å². The van der Waals surface area contributed by atoms with Gasteiger partial charge in [-0.25, -0.2) is 0 Å². The molecule has 7 heteroatoms. The highest BCUT2D eigenvalue weighted by molar-refractivity contribution is 6.42. The molecule has 1 amide bonds. The molecule has 0 saturated carbocycles. The number of carbonyl (C=O) groups excluding carboxylic acids is 1. The highest BCUT2D eigenvalue weighted by Gasteiger charge is 2.30. The minimum Gasteiger partial charge on any atom is -0.347 e. The van der Waals surface area contributed by atoms with Crippen LogP contribution in [0.25, 0.3) is 0 Å². The number of benzene rings is 2. The summed E-state index contributed by atoms with van der Waals surface area (Å²) in [6.07, 6.45) is 0. The second-order valence-corrected chi connectivity index (χ2v) is 6.78. The third-order valence-electron chi connectivity index (χ3n) is 4.01. The van der Waals surface area contributed by atoms with Gasteiger partial charge < -0.3 is 10.6 Å². The normalized spacial score (nSPS) is 19.6. The Kier molecular flexibility index (Phi) is 6.79. The van der Waals surface area contributed by atoms with Gasteiger partial charge in [-0.15, -0.1) is 12.4 Å². The van der Waals surface area contributed by atoms with Gasteiger partial charge in [0.25, 0.3) is 5.91 Å². The molecule has 3 rings (SSSR count). The molecule has 1 heterocycles. The van der Waals surface area contributed by atoms with Crippen LogP contribution in [0.1, 0.15) is 21.8 Å². The van der Waals surface area contributed by atoms with E-state index in [9.17, 15) is 4.79 Å². The van der Waals surface area contributed by atoms with Crippen molar-refractivity contribution in [1.82, 2.24) is 10.6 Å². The quantitative estimate of drug-likeness (QED) is 0.786. The molecule has 128 valence electrons. The van der Waals surface area contributed by atoms with Crippen LogP contribution in [0.4, 0.5) is 0 Å². The summed E-state index contributed by atoms with van der Waals surface area (Å²) < 4.78 is 0. The van der Waals surface area contributed by atoms with E-state index in [1.54, 1.807) is 30.3 Å². The summed E-state index contributed by atoms with van der Waals surface area (Å²) in [5.41, 5.74) is 1.65. The van der Waals surface area contributed by atoms with Crippen LogP contribution in [-0.2, 0) is 0 Å². The Balaban J connectivity index is 0.00000208. The Morgan fingerprint density at radius 2 is 1.71 bits per heavy atom. The Labute approximate surface area is 162 Å². The molecule has 24 heavy (non-hydrogen) atoms. The molecule has 0 radical (unpaired) electrons. The summed E-state index contributed by atoms with van der Waals surface area (Å²) in [7, 11) is 0. The third kappa shape index (κ3) is 4.35. The van der Waals surface area contributed by atoms with E-state index in [4.69, 9.17) is 34.8 Å². The molecule has 0 aliphatic carbocycles. The summed E-state index contributed by atoms with van der Waals surface area (Å²) in [5, 5.41) is 8.05. The first kappa shape index (κ1) is 19.4. The number of nitrogens with one attached hydrogen (secondary N) is 2. The van der Waals surface area contributed by atoms with Crippen molar-refractivity contribution in [2.24, 2.45) is 0 Å². The highest BCUT2D eigenvalue weighted by atomic mass is 35.5. The van der Waals surface area contributed by atoms with Crippen molar-refractivity contribution in [1.29, 1.82) is 0 Å². The molecule has 2 atom stereocenters. The van der Waals surface area contributed by atoms with E-state index in [2.05, 4.69) is 10.6 Å². The fraction of sp³-hybridized carbons (Fsp3) is 0.235. The summed E-state index contributed by atoms with van der Waals surface area (Å²) in [4.78, 5) is 12.4. The zero-order chi connectivity index (χ0) is 16.4. The lowest BCUT2D eigenvalue weighted by Gasteiger charge is -2.21. The highest BCUT2D eigenvalue weighted by Crippen LogP contribution is 2.29. The SMILES string of the molecule is Cl.O=C(NC1CNC[C@H]1c1ccc(Cl)c(Cl)c1)c1ccc(Cl)cc1. The molecule has 1 fully saturated rings. The van der Waals surface area contributed by atoms with Gasteiger partial charge in [-0.3, -0.25) is 4.79 Å². The van der Waals surface area contributed by atoms with Crippen LogP contribution < -0.4 is 10.6 Å². The van der Waals surface area contributed by atoms with Gasteiger partial charge in [0, 0.05) is 35.6 Å². The van der Waals surface area contributed by atoms with Crippen molar-refractivity contribution in [3.05, 3.63) is 68.7 Å². The monoisotopic (exact) mass is 404 g/mol. The maximum atomic E-state index is 12.4. The van der Waals surface area contributed by atoms with Gasteiger partial charge in [-0.1, -0.05) is 40.9 Å². The Morgan fingerprint density at radius 1 is 1.00 bits per heavy atom. The lowest BCUT2D eigenvalue weighted by molar-refractivity contribution is 0.0937. The molecule has 1 unspecified atom stereocenters. The van der Waals surface area contributed by atoms with Crippen LogP contribution in [0.5, 0.6) is 0 Å². The van der Waals surface area contributed by atoms with E-state index in [1.165, 1.54) is 0 Å². The molecule has 3 nitrogen and oxygen atoms in total. The molecule has 0 aromatic heterocycles. The van der Waals surface area contributed by atoms with Crippen molar-refractivity contribution in [3.63, 3.8) is 0 Å². The second kappa shape index (κ2) is 8.41. The number of hydrogen-bond acceptors (Lipinski definition) is 2. The van der Waals surface area contributed by atoms with Crippen LogP contribution >= 0.6 is 47.2 Å². The number of carbonyl (C=O) groups is 1. The number of hydrogen-bond donors (Lipinski definition) is 2. The lowest BCUT2D eigenvalue weighted by Crippen LogP contribution is -2.39. The molecule has 2 aromatic rings. The Bertz CT molecular complexity index is 721. The van der Waals surface area contributed by atoms with Crippen molar-refractivity contribution >= 4 is 53.1 Å². The summed E-state index contributed by atoms with van der Waals surface area (Å²) in [6.45, 7) is 1.49. The fourth-order valence-electron chi connectivity index (χ4n) is 2.78. The Morgan fingerprint density at radius 3 is 2.38 bits per heavy atom. The second-order valence-electron chi connectivity index (χ2n) is 5.53. The van der Waals surface area contributed by atoms with Crippen LogP contribution in [0, 0.1) is 0 Å². The van der Waals surface area contributed by atoms with Crippen molar-refractivity contribution < 1.29 is 4.79 Å². The Hall–Kier alpha value is -0.970. The first-order valence-corrected chi connectivity index (χ1v) is 8.40. The molecular formula is C17H16Cl4N2O. The smallest absolute Gasteiger partial charge is 0.251 e. The molecule has 1 saturated heterocycles. The number of rotatable bonds is 3. The third-order valence-corrected chi connectivity index (χ3v) is 5.00. The number of amides is 1. The number of halogens is 4. The molecule has 0 spiro atoms. The molecule has 2 N–H and O–H groups in total. The maximum absolute atomic E-state index is 12.4. The van der Waals surface area contributed by atoms with Gasteiger partial charge in [0.1, 0.15) is 0 Å². The molecule has 0 bridgehead atoms. The van der Waals surface area contributed by atoms with Crippen molar-refractivity contribution in [2.75, 3.05) is 13.1 Å². The van der Waals surface area contributed by atoms with E-state index in [0.29, 0.717) is 27.2 Å². The van der Waals surface area contributed by atoms with Gasteiger partial charge >= 0.3 is 0 Å². The topological polar surface area (TPSA) is 41.1 Å². The zero-order valence-electron chi connectivity index (χ0n) is 12.6. The minimum atomic E-state index is -0.111. The van der Waals surface area contributed by atoms with Crippen molar-refractivity contribution in [3.8, 4) is 0 Å². The molecule has 2 aromatic carbocycles. The van der Waals surface area contributed by atoms with E-state index < -0.39 is 0 Å². The largest absolute Gasteiger partial charge is 0.347 e. The minimum absolute atomic E-state index is 0. The van der Waals surface area contributed by atoms with Crippen LogP contribution in [0.2, 0.25) is 15.1 Å². The predicted molar refractivity (Wildman–Crippen MR) is 102 cm³/mol. The molecular weight excluding hydrogens is 390 g/mol. The van der Waals surface area contributed by atoms with Crippen LogP contribution in [0.3, 0.4) is 0 Å². The molecule has 1 aliphatic rings. The van der Waals surface area contributed by atoms with Gasteiger partial charge in [0.05, 0.1) is 10.0 Å². The predicted octanol–water partition coefficient (Wildman–Crippen LogP) is 4.55. The first-order valence-electron chi connectivity index (χ1n) is 7.26. The fourth-order valence-corrected chi connectivity index (χ4v) is 3.21. The van der Waals surface area contributed by atoms with E-state index >= 15 is 0 Å². The average molecular weight is 406 g/mol.